The maximum Gasteiger partial charge on any atom is 0.341 e. The zero-order valence-corrected chi connectivity index (χ0v) is 10.3. The lowest BCUT2D eigenvalue weighted by molar-refractivity contribution is -0.0159. The van der Waals surface area contributed by atoms with Crippen LogP contribution in [0.15, 0.2) is 39.5 Å². The zero-order chi connectivity index (χ0) is 12.5. The Bertz CT molecular complexity index is 576. The maximum atomic E-state index is 11.7. The number of hydrogen-bond donors (Lipinski definition) is 0. The SMILES string of the molecule is CC(C)(C)OCc1cc2ccccc2oc1=O. The van der Waals surface area contributed by atoms with E-state index < -0.39 is 0 Å². The second-order valence-corrected chi connectivity index (χ2v) is 5.00. The van der Waals surface area contributed by atoms with Crippen molar-refractivity contribution in [2.75, 3.05) is 0 Å². The van der Waals surface area contributed by atoms with Crippen LogP contribution in [0, 0.1) is 0 Å². The molecule has 0 atom stereocenters. The molecular weight excluding hydrogens is 216 g/mol. The average molecular weight is 232 g/mol. The number of para-hydroxylation sites is 1. The molecule has 3 nitrogen and oxygen atoms in total. The van der Waals surface area contributed by atoms with Crippen LogP contribution < -0.4 is 5.63 Å². The molecule has 0 amide bonds. The quantitative estimate of drug-likeness (QED) is 0.747. The van der Waals surface area contributed by atoms with Gasteiger partial charge in [0.05, 0.1) is 17.8 Å². The molecule has 90 valence electrons. The van der Waals surface area contributed by atoms with Crippen LogP contribution in [0.2, 0.25) is 0 Å². The molecule has 1 aromatic heterocycles. The molecule has 0 saturated heterocycles. The highest BCUT2D eigenvalue weighted by molar-refractivity contribution is 5.76. The van der Waals surface area contributed by atoms with Gasteiger partial charge in [-0.25, -0.2) is 4.79 Å². The Kier molecular flexibility index (Phi) is 3.03. The molecular formula is C14H16O3. The molecule has 0 fully saturated rings. The number of rotatable bonds is 2. The molecule has 1 heterocycles. The summed E-state index contributed by atoms with van der Waals surface area (Å²) in [5.74, 6) is 0. The fraction of sp³-hybridized carbons (Fsp3) is 0.357. The summed E-state index contributed by atoms with van der Waals surface area (Å²) in [5, 5.41) is 0.916. The van der Waals surface area contributed by atoms with Crippen LogP contribution in [0.3, 0.4) is 0 Å². The van der Waals surface area contributed by atoms with Gasteiger partial charge in [0.2, 0.25) is 0 Å². The van der Waals surface area contributed by atoms with E-state index in [1.54, 1.807) is 6.07 Å². The first-order valence-electron chi connectivity index (χ1n) is 5.61. The summed E-state index contributed by atoms with van der Waals surface area (Å²) in [6, 6.07) is 9.28. The van der Waals surface area contributed by atoms with Crippen molar-refractivity contribution >= 4 is 11.0 Å². The van der Waals surface area contributed by atoms with E-state index in [-0.39, 0.29) is 17.8 Å². The Morgan fingerprint density at radius 2 is 1.94 bits per heavy atom. The summed E-state index contributed by atoms with van der Waals surface area (Å²) in [5.41, 5.74) is 0.571. The van der Waals surface area contributed by atoms with E-state index in [0.717, 1.165) is 5.39 Å². The Balaban J connectivity index is 2.35. The van der Waals surface area contributed by atoms with Crippen molar-refractivity contribution in [3.05, 3.63) is 46.3 Å². The smallest absolute Gasteiger partial charge is 0.341 e. The normalized spacial score (nSPS) is 11.9. The van der Waals surface area contributed by atoms with Gasteiger partial charge in [0, 0.05) is 5.39 Å². The lowest BCUT2D eigenvalue weighted by Gasteiger charge is -2.19. The molecule has 17 heavy (non-hydrogen) atoms. The third-order valence-electron chi connectivity index (χ3n) is 2.37. The highest BCUT2D eigenvalue weighted by atomic mass is 16.5. The summed E-state index contributed by atoms with van der Waals surface area (Å²) < 4.78 is 10.8. The molecule has 0 spiro atoms. The van der Waals surface area contributed by atoms with Crippen LogP contribution in [-0.4, -0.2) is 5.60 Å². The number of fused-ring (bicyclic) bond motifs is 1. The van der Waals surface area contributed by atoms with Gasteiger partial charge in [-0.15, -0.1) is 0 Å². The lowest BCUT2D eigenvalue weighted by atomic mass is 10.1. The second kappa shape index (κ2) is 4.34. The van der Waals surface area contributed by atoms with Gasteiger partial charge in [-0.2, -0.15) is 0 Å². The molecule has 0 saturated carbocycles. The van der Waals surface area contributed by atoms with Crippen LogP contribution in [0.1, 0.15) is 26.3 Å². The second-order valence-electron chi connectivity index (χ2n) is 5.00. The standard InChI is InChI=1S/C14H16O3/c1-14(2,3)16-9-11-8-10-6-4-5-7-12(10)17-13(11)15/h4-8H,9H2,1-3H3. The van der Waals surface area contributed by atoms with Gasteiger partial charge >= 0.3 is 5.63 Å². The average Bonchev–Trinajstić information content (AvgIpc) is 2.25. The molecule has 2 rings (SSSR count). The van der Waals surface area contributed by atoms with Gasteiger partial charge in [0.25, 0.3) is 0 Å². The van der Waals surface area contributed by atoms with Crippen LogP contribution in [0.4, 0.5) is 0 Å². The first kappa shape index (κ1) is 11.9. The number of hydrogen-bond acceptors (Lipinski definition) is 3. The van der Waals surface area contributed by atoms with Crippen molar-refractivity contribution in [1.82, 2.24) is 0 Å². The first-order chi connectivity index (χ1) is 7.96. The van der Waals surface area contributed by atoms with Crippen molar-refractivity contribution in [3.8, 4) is 0 Å². The van der Waals surface area contributed by atoms with Gasteiger partial charge in [-0.05, 0) is 32.9 Å². The Morgan fingerprint density at radius 3 is 2.65 bits per heavy atom. The Morgan fingerprint density at radius 1 is 1.24 bits per heavy atom. The summed E-state index contributed by atoms with van der Waals surface area (Å²) in [6.07, 6.45) is 0. The molecule has 0 radical (unpaired) electrons. The molecule has 0 unspecified atom stereocenters. The van der Waals surface area contributed by atoms with E-state index in [0.29, 0.717) is 11.1 Å². The van der Waals surface area contributed by atoms with Crippen molar-refractivity contribution in [1.29, 1.82) is 0 Å². The molecule has 3 heteroatoms. The van der Waals surface area contributed by atoms with Gasteiger partial charge < -0.3 is 9.15 Å². The van der Waals surface area contributed by atoms with E-state index in [1.165, 1.54) is 0 Å². The number of benzene rings is 1. The minimum absolute atomic E-state index is 0.266. The van der Waals surface area contributed by atoms with E-state index >= 15 is 0 Å². The largest absolute Gasteiger partial charge is 0.422 e. The molecule has 2 aromatic rings. The summed E-state index contributed by atoms with van der Waals surface area (Å²) in [6.45, 7) is 6.14. The highest BCUT2D eigenvalue weighted by Gasteiger charge is 2.12. The third-order valence-corrected chi connectivity index (χ3v) is 2.37. The number of ether oxygens (including phenoxy) is 1. The van der Waals surface area contributed by atoms with E-state index in [9.17, 15) is 4.79 Å². The zero-order valence-electron chi connectivity index (χ0n) is 10.3. The maximum absolute atomic E-state index is 11.7. The highest BCUT2D eigenvalue weighted by Crippen LogP contribution is 2.15. The lowest BCUT2D eigenvalue weighted by Crippen LogP contribution is -2.21. The van der Waals surface area contributed by atoms with Gasteiger partial charge in [0.15, 0.2) is 0 Å². The van der Waals surface area contributed by atoms with Gasteiger partial charge in [-0.3, -0.25) is 0 Å². The van der Waals surface area contributed by atoms with Crippen LogP contribution in [0.5, 0.6) is 0 Å². The van der Waals surface area contributed by atoms with Gasteiger partial charge in [0.1, 0.15) is 5.58 Å². The van der Waals surface area contributed by atoms with E-state index in [1.807, 2.05) is 45.0 Å². The minimum atomic E-state index is -0.326. The first-order valence-corrected chi connectivity index (χ1v) is 5.61. The Hall–Kier alpha value is -1.61. The van der Waals surface area contributed by atoms with Crippen molar-refractivity contribution in [3.63, 3.8) is 0 Å². The molecule has 0 bridgehead atoms. The monoisotopic (exact) mass is 232 g/mol. The fourth-order valence-electron chi connectivity index (χ4n) is 1.50. The van der Waals surface area contributed by atoms with Crippen LogP contribution in [-0.2, 0) is 11.3 Å². The predicted octanol–water partition coefficient (Wildman–Crippen LogP) is 3.11. The molecule has 0 aliphatic carbocycles. The predicted molar refractivity (Wildman–Crippen MR) is 67.0 cm³/mol. The van der Waals surface area contributed by atoms with E-state index in [4.69, 9.17) is 9.15 Å². The summed E-state index contributed by atoms with van der Waals surface area (Å²) >= 11 is 0. The topological polar surface area (TPSA) is 39.4 Å². The molecule has 0 N–H and O–H groups in total. The molecule has 0 aliphatic rings. The van der Waals surface area contributed by atoms with Crippen LogP contribution >= 0.6 is 0 Å². The van der Waals surface area contributed by atoms with E-state index in [2.05, 4.69) is 0 Å². The van der Waals surface area contributed by atoms with Crippen molar-refractivity contribution in [2.24, 2.45) is 0 Å². The van der Waals surface area contributed by atoms with Crippen LogP contribution in [0.25, 0.3) is 11.0 Å². The summed E-state index contributed by atoms with van der Waals surface area (Å²) in [4.78, 5) is 11.7. The third kappa shape index (κ3) is 2.94. The minimum Gasteiger partial charge on any atom is -0.422 e. The van der Waals surface area contributed by atoms with Gasteiger partial charge in [-0.1, -0.05) is 18.2 Å². The van der Waals surface area contributed by atoms with Crippen molar-refractivity contribution < 1.29 is 9.15 Å². The molecule has 0 aliphatic heterocycles. The fourth-order valence-corrected chi connectivity index (χ4v) is 1.50. The molecule has 1 aromatic carbocycles. The summed E-state index contributed by atoms with van der Waals surface area (Å²) in [7, 11) is 0. The van der Waals surface area contributed by atoms with Crippen molar-refractivity contribution in [2.45, 2.75) is 33.0 Å². The Labute approximate surface area is 100 Å².